The Hall–Kier alpha value is -1.71. The van der Waals surface area contributed by atoms with Crippen LogP contribution in [0, 0.1) is 23.2 Å². The molecular weight excluding hydrogens is 290 g/mol. The Morgan fingerprint density at radius 3 is 2.22 bits per heavy atom. The second-order valence-electron chi connectivity index (χ2n) is 8.03. The molecule has 0 heterocycles. The van der Waals surface area contributed by atoms with E-state index in [-0.39, 0.29) is 22.8 Å². The predicted molar refractivity (Wildman–Crippen MR) is 87.1 cm³/mol. The summed E-state index contributed by atoms with van der Waals surface area (Å²) in [6, 6.07) is 4.84. The van der Waals surface area contributed by atoms with Crippen LogP contribution in [0.5, 0.6) is 11.5 Å². The van der Waals surface area contributed by atoms with Gasteiger partial charge in [-0.3, -0.25) is 4.79 Å². The molecule has 4 saturated carbocycles. The van der Waals surface area contributed by atoms with Gasteiger partial charge < -0.3 is 15.5 Å². The smallest absolute Gasteiger partial charge is 0.226 e. The van der Waals surface area contributed by atoms with Crippen molar-refractivity contribution in [3.8, 4) is 11.5 Å². The maximum atomic E-state index is 12.8. The SMILES string of the molecule is O=C(NCCc1ccc(O)c(O)c1)C12CC3CC(CC(C3)C1)C2. The van der Waals surface area contributed by atoms with Crippen LogP contribution in [0.1, 0.15) is 44.1 Å². The van der Waals surface area contributed by atoms with Gasteiger partial charge in [-0.05, 0) is 80.4 Å². The number of carbonyl (C=O) groups is 1. The maximum Gasteiger partial charge on any atom is 0.226 e. The number of carbonyl (C=O) groups excluding carboxylic acids is 1. The first-order valence-electron chi connectivity index (χ1n) is 8.83. The molecule has 3 N–H and O–H groups in total. The average molecular weight is 315 g/mol. The van der Waals surface area contributed by atoms with Crippen LogP contribution in [-0.2, 0) is 11.2 Å². The molecule has 1 aromatic carbocycles. The van der Waals surface area contributed by atoms with E-state index < -0.39 is 0 Å². The van der Waals surface area contributed by atoms with Crippen molar-refractivity contribution in [1.82, 2.24) is 5.32 Å². The van der Waals surface area contributed by atoms with Crippen molar-refractivity contribution in [1.29, 1.82) is 0 Å². The molecule has 0 aromatic heterocycles. The quantitative estimate of drug-likeness (QED) is 0.748. The maximum absolute atomic E-state index is 12.8. The lowest BCUT2D eigenvalue weighted by atomic mass is 9.49. The van der Waals surface area contributed by atoms with Gasteiger partial charge in [0.2, 0.25) is 5.91 Å². The lowest BCUT2D eigenvalue weighted by Crippen LogP contribution is -2.53. The fraction of sp³-hybridized carbons (Fsp3) is 0.632. The van der Waals surface area contributed by atoms with Gasteiger partial charge in [0.15, 0.2) is 11.5 Å². The highest BCUT2D eigenvalue weighted by molar-refractivity contribution is 5.83. The number of phenolic OH excluding ortho intramolecular Hbond substituents is 2. The van der Waals surface area contributed by atoms with Gasteiger partial charge >= 0.3 is 0 Å². The van der Waals surface area contributed by atoms with E-state index in [1.165, 1.54) is 25.3 Å². The molecule has 0 spiro atoms. The molecule has 0 radical (unpaired) electrons. The molecular formula is C19H25NO3. The summed E-state index contributed by atoms with van der Waals surface area (Å²) in [4.78, 5) is 12.8. The molecule has 4 bridgehead atoms. The number of nitrogens with one attached hydrogen (secondary N) is 1. The third kappa shape index (κ3) is 2.68. The van der Waals surface area contributed by atoms with E-state index in [0.29, 0.717) is 13.0 Å². The zero-order valence-corrected chi connectivity index (χ0v) is 13.4. The fourth-order valence-electron chi connectivity index (χ4n) is 5.62. The molecule has 4 aliphatic rings. The Balaban J connectivity index is 1.36. The summed E-state index contributed by atoms with van der Waals surface area (Å²) in [6.45, 7) is 0.588. The number of rotatable bonds is 4. The van der Waals surface area contributed by atoms with E-state index >= 15 is 0 Å². The molecule has 4 aliphatic carbocycles. The number of aromatic hydroxyl groups is 2. The Bertz CT molecular complexity index is 590. The molecule has 1 aromatic rings. The van der Waals surface area contributed by atoms with Crippen LogP contribution in [0.2, 0.25) is 0 Å². The van der Waals surface area contributed by atoms with Crippen molar-refractivity contribution in [2.45, 2.75) is 44.9 Å². The molecule has 0 unspecified atom stereocenters. The number of hydrogen-bond donors (Lipinski definition) is 3. The minimum Gasteiger partial charge on any atom is -0.504 e. The first kappa shape index (κ1) is 14.9. The largest absolute Gasteiger partial charge is 0.504 e. The summed E-state index contributed by atoms with van der Waals surface area (Å²) < 4.78 is 0. The highest BCUT2D eigenvalue weighted by atomic mass is 16.3. The van der Waals surface area contributed by atoms with Crippen molar-refractivity contribution in [3.05, 3.63) is 23.8 Å². The highest BCUT2D eigenvalue weighted by Crippen LogP contribution is 2.60. The van der Waals surface area contributed by atoms with Crippen molar-refractivity contribution < 1.29 is 15.0 Å². The summed E-state index contributed by atoms with van der Waals surface area (Å²) in [5, 5.41) is 22.0. The monoisotopic (exact) mass is 315 g/mol. The molecule has 0 aliphatic heterocycles. The zero-order valence-electron chi connectivity index (χ0n) is 13.4. The van der Waals surface area contributed by atoms with Gasteiger partial charge in [-0.2, -0.15) is 0 Å². The van der Waals surface area contributed by atoms with Gasteiger partial charge in [-0.1, -0.05) is 6.07 Å². The van der Waals surface area contributed by atoms with Crippen molar-refractivity contribution in [3.63, 3.8) is 0 Å². The van der Waals surface area contributed by atoms with Gasteiger partial charge in [0.25, 0.3) is 0 Å². The third-order valence-corrected chi connectivity index (χ3v) is 6.26. The molecule has 4 nitrogen and oxygen atoms in total. The standard InChI is InChI=1S/C19H25NO3/c21-16-2-1-12(8-17(16)22)3-4-20-18(23)19-9-13-5-14(10-19)7-15(6-13)11-19/h1-2,8,13-15,21-22H,3-7,9-11H2,(H,20,23). The van der Waals surface area contributed by atoms with Crippen LogP contribution in [-0.4, -0.2) is 22.7 Å². The summed E-state index contributed by atoms with van der Waals surface area (Å²) in [5.74, 6) is 2.38. The van der Waals surface area contributed by atoms with Gasteiger partial charge in [-0.25, -0.2) is 0 Å². The number of phenols is 2. The Morgan fingerprint density at radius 2 is 1.65 bits per heavy atom. The van der Waals surface area contributed by atoms with Crippen LogP contribution in [0.3, 0.4) is 0 Å². The van der Waals surface area contributed by atoms with Crippen LogP contribution in [0.4, 0.5) is 0 Å². The van der Waals surface area contributed by atoms with Gasteiger partial charge in [-0.15, -0.1) is 0 Å². The van der Waals surface area contributed by atoms with Crippen LogP contribution in [0.25, 0.3) is 0 Å². The lowest BCUT2D eigenvalue weighted by molar-refractivity contribution is -0.146. The minimum absolute atomic E-state index is 0.0914. The molecule has 1 amide bonds. The normalized spacial score (nSPS) is 34.5. The summed E-state index contributed by atoms with van der Waals surface area (Å²) in [5.41, 5.74) is 0.831. The van der Waals surface area contributed by atoms with E-state index in [4.69, 9.17) is 0 Å². The van der Waals surface area contributed by atoms with Gasteiger partial charge in [0.05, 0.1) is 0 Å². The van der Waals surface area contributed by atoms with Crippen LogP contribution >= 0.6 is 0 Å². The van der Waals surface area contributed by atoms with E-state index in [1.807, 2.05) is 0 Å². The third-order valence-electron chi connectivity index (χ3n) is 6.26. The van der Waals surface area contributed by atoms with E-state index in [0.717, 1.165) is 42.6 Å². The topological polar surface area (TPSA) is 69.6 Å². The van der Waals surface area contributed by atoms with Gasteiger partial charge in [0.1, 0.15) is 0 Å². The van der Waals surface area contributed by atoms with Crippen LogP contribution < -0.4 is 5.32 Å². The summed E-state index contributed by atoms with van der Waals surface area (Å²) in [6.07, 6.45) is 7.98. The number of hydrogen-bond acceptors (Lipinski definition) is 3. The average Bonchev–Trinajstić information content (AvgIpc) is 2.49. The molecule has 4 heteroatoms. The van der Waals surface area contributed by atoms with Crippen molar-refractivity contribution >= 4 is 5.91 Å². The Kier molecular flexibility index (Phi) is 3.51. The van der Waals surface area contributed by atoms with E-state index in [2.05, 4.69) is 5.32 Å². The first-order chi connectivity index (χ1) is 11.0. The predicted octanol–water partition coefficient (Wildman–Crippen LogP) is 2.97. The number of amides is 1. The Labute approximate surface area is 136 Å². The molecule has 0 atom stereocenters. The van der Waals surface area contributed by atoms with Crippen LogP contribution in [0.15, 0.2) is 18.2 Å². The zero-order chi connectivity index (χ0) is 16.0. The molecule has 5 rings (SSSR count). The highest BCUT2D eigenvalue weighted by Gasteiger charge is 2.54. The van der Waals surface area contributed by atoms with E-state index in [1.54, 1.807) is 12.1 Å². The Morgan fingerprint density at radius 1 is 1.04 bits per heavy atom. The fourth-order valence-corrected chi connectivity index (χ4v) is 5.62. The summed E-state index contributed by atoms with van der Waals surface area (Å²) in [7, 11) is 0. The van der Waals surface area contributed by atoms with Crippen molar-refractivity contribution in [2.75, 3.05) is 6.54 Å². The molecule has 4 fully saturated rings. The molecule has 0 saturated heterocycles. The lowest BCUT2D eigenvalue weighted by Gasteiger charge is -2.55. The first-order valence-corrected chi connectivity index (χ1v) is 8.83. The van der Waals surface area contributed by atoms with Gasteiger partial charge in [0, 0.05) is 12.0 Å². The molecule has 23 heavy (non-hydrogen) atoms. The number of benzene rings is 1. The minimum atomic E-state index is -0.105. The summed E-state index contributed by atoms with van der Waals surface area (Å²) >= 11 is 0. The second-order valence-corrected chi connectivity index (χ2v) is 8.03. The molecule has 124 valence electrons. The second kappa shape index (κ2) is 5.43. The van der Waals surface area contributed by atoms with Crippen molar-refractivity contribution in [2.24, 2.45) is 23.2 Å². The van der Waals surface area contributed by atoms with E-state index in [9.17, 15) is 15.0 Å².